The van der Waals surface area contributed by atoms with Gasteiger partial charge in [0, 0.05) is 32.6 Å². The van der Waals surface area contributed by atoms with Gasteiger partial charge in [0.2, 0.25) is 5.91 Å². The number of nitrogens with zero attached hydrogens (tertiary/aromatic N) is 1. The Hall–Kier alpha value is -1.39. The van der Waals surface area contributed by atoms with Crippen LogP contribution in [0.2, 0.25) is 0 Å². The number of hydrogen-bond donors (Lipinski definition) is 2. The van der Waals surface area contributed by atoms with Gasteiger partial charge in [-0.3, -0.25) is 4.79 Å². The number of hydrogen-bond acceptors (Lipinski definition) is 3. The van der Waals surface area contributed by atoms with Crippen molar-refractivity contribution in [3.63, 3.8) is 0 Å². The van der Waals surface area contributed by atoms with Crippen LogP contribution in [0.5, 0.6) is 0 Å². The third-order valence-electron chi connectivity index (χ3n) is 4.08. The van der Waals surface area contributed by atoms with Crippen LogP contribution < -0.4 is 10.6 Å². The number of nitrogens with one attached hydrogen (secondary N) is 2. The van der Waals surface area contributed by atoms with E-state index in [1.54, 1.807) is 6.92 Å². The molecule has 0 bridgehead atoms. The summed E-state index contributed by atoms with van der Waals surface area (Å²) >= 11 is 0. The van der Waals surface area contributed by atoms with Gasteiger partial charge in [0.15, 0.2) is 0 Å². The van der Waals surface area contributed by atoms with Crippen molar-refractivity contribution in [1.29, 1.82) is 0 Å². The summed E-state index contributed by atoms with van der Waals surface area (Å²) in [5.74, 6) is 0.0486. The number of likely N-dealkylation sites (tertiary alicyclic amines) is 1. The van der Waals surface area contributed by atoms with E-state index in [-0.39, 0.29) is 5.91 Å². The van der Waals surface area contributed by atoms with E-state index < -0.39 is 0 Å². The van der Waals surface area contributed by atoms with E-state index in [4.69, 9.17) is 0 Å². The Morgan fingerprint density at radius 1 is 1.19 bits per heavy atom. The largest absolute Gasteiger partial charge is 0.355 e. The van der Waals surface area contributed by atoms with Crippen LogP contribution >= 0.6 is 0 Å². The minimum atomic E-state index is 0.0486. The van der Waals surface area contributed by atoms with Gasteiger partial charge in [0.1, 0.15) is 0 Å². The Kier molecular flexibility index (Phi) is 6.70. The van der Waals surface area contributed by atoms with Crippen molar-refractivity contribution in [2.75, 3.05) is 32.7 Å². The molecule has 1 aliphatic heterocycles. The van der Waals surface area contributed by atoms with Crippen molar-refractivity contribution < 1.29 is 4.79 Å². The molecule has 0 aromatic heterocycles. The van der Waals surface area contributed by atoms with Gasteiger partial charge in [-0.2, -0.15) is 0 Å². The van der Waals surface area contributed by atoms with Crippen molar-refractivity contribution in [2.45, 2.75) is 32.2 Å². The van der Waals surface area contributed by atoms with Crippen LogP contribution in [0.15, 0.2) is 30.3 Å². The van der Waals surface area contributed by atoms with Gasteiger partial charge in [-0.1, -0.05) is 30.3 Å². The van der Waals surface area contributed by atoms with Gasteiger partial charge in [-0.15, -0.1) is 0 Å². The maximum Gasteiger partial charge on any atom is 0.216 e. The Balaban J connectivity index is 1.57. The molecule has 0 aliphatic carbocycles. The average Bonchev–Trinajstić information content (AvgIpc) is 2.51. The molecule has 1 heterocycles. The second-order valence-electron chi connectivity index (χ2n) is 5.79. The SMILES string of the molecule is CC(=O)NCCNC1CCN(CCc2ccccc2)CC1. The summed E-state index contributed by atoms with van der Waals surface area (Å²) in [5.41, 5.74) is 1.42. The lowest BCUT2D eigenvalue weighted by Gasteiger charge is -2.32. The summed E-state index contributed by atoms with van der Waals surface area (Å²) in [4.78, 5) is 13.3. The molecule has 4 heteroatoms. The summed E-state index contributed by atoms with van der Waals surface area (Å²) in [6.07, 6.45) is 3.55. The number of benzene rings is 1. The Bertz CT molecular complexity index is 413. The molecule has 4 nitrogen and oxygen atoms in total. The number of carbonyl (C=O) groups excluding carboxylic acids is 1. The molecular weight excluding hydrogens is 262 g/mol. The van der Waals surface area contributed by atoms with Crippen LogP contribution in [0, 0.1) is 0 Å². The fourth-order valence-electron chi connectivity index (χ4n) is 2.81. The minimum Gasteiger partial charge on any atom is -0.355 e. The van der Waals surface area contributed by atoms with Gasteiger partial charge in [-0.05, 0) is 37.9 Å². The summed E-state index contributed by atoms with van der Waals surface area (Å²) in [6.45, 7) is 6.65. The highest BCUT2D eigenvalue weighted by molar-refractivity contribution is 5.72. The van der Waals surface area contributed by atoms with Crippen LogP contribution in [0.4, 0.5) is 0 Å². The fourth-order valence-corrected chi connectivity index (χ4v) is 2.81. The van der Waals surface area contributed by atoms with Gasteiger partial charge < -0.3 is 15.5 Å². The van der Waals surface area contributed by atoms with Gasteiger partial charge in [0.25, 0.3) is 0 Å². The van der Waals surface area contributed by atoms with Crippen LogP contribution in [-0.2, 0) is 11.2 Å². The summed E-state index contributed by atoms with van der Waals surface area (Å²) in [5, 5.41) is 6.35. The summed E-state index contributed by atoms with van der Waals surface area (Å²) < 4.78 is 0. The first kappa shape index (κ1) is 16.0. The molecule has 0 saturated carbocycles. The number of piperidine rings is 1. The zero-order valence-corrected chi connectivity index (χ0v) is 13.0. The Morgan fingerprint density at radius 2 is 1.90 bits per heavy atom. The third-order valence-corrected chi connectivity index (χ3v) is 4.08. The zero-order valence-electron chi connectivity index (χ0n) is 13.0. The summed E-state index contributed by atoms with van der Waals surface area (Å²) in [6, 6.07) is 11.3. The van der Waals surface area contributed by atoms with Crippen LogP contribution in [-0.4, -0.2) is 49.6 Å². The topological polar surface area (TPSA) is 44.4 Å². The molecule has 0 spiro atoms. The molecule has 0 radical (unpaired) electrons. The molecule has 1 fully saturated rings. The molecule has 21 heavy (non-hydrogen) atoms. The van der Waals surface area contributed by atoms with E-state index in [0.717, 1.165) is 26.1 Å². The number of rotatable bonds is 7. The predicted molar refractivity (Wildman–Crippen MR) is 86.3 cm³/mol. The van der Waals surface area contributed by atoms with Crippen LogP contribution in [0.1, 0.15) is 25.3 Å². The molecule has 2 rings (SSSR count). The minimum absolute atomic E-state index is 0.0486. The second kappa shape index (κ2) is 8.80. The van der Waals surface area contributed by atoms with Gasteiger partial charge in [-0.25, -0.2) is 0 Å². The average molecular weight is 289 g/mol. The maximum atomic E-state index is 10.8. The molecular formula is C17H27N3O. The molecule has 1 aromatic carbocycles. The highest BCUT2D eigenvalue weighted by atomic mass is 16.1. The van der Waals surface area contributed by atoms with E-state index in [0.29, 0.717) is 6.04 Å². The first-order valence-electron chi connectivity index (χ1n) is 7.98. The van der Waals surface area contributed by atoms with Gasteiger partial charge in [0.05, 0.1) is 0 Å². The quantitative estimate of drug-likeness (QED) is 0.746. The molecule has 1 saturated heterocycles. The van der Waals surface area contributed by atoms with E-state index in [9.17, 15) is 4.79 Å². The first-order valence-corrected chi connectivity index (χ1v) is 7.98. The molecule has 1 aliphatic rings. The smallest absolute Gasteiger partial charge is 0.216 e. The third kappa shape index (κ3) is 6.27. The zero-order chi connectivity index (χ0) is 14.9. The van der Waals surface area contributed by atoms with E-state index >= 15 is 0 Å². The normalized spacial score (nSPS) is 16.8. The first-order chi connectivity index (χ1) is 10.2. The lowest BCUT2D eigenvalue weighted by atomic mass is 10.0. The molecule has 0 atom stereocenters. The standard InChI is InChI=1S/C17H27N3O/c1-15(21)18-10-11-19-17-8-13-20(14-9-17)12-7-16-5-3-2-4-6-16/h2-6,17,19H,7-14H2,1H3,(H,18,21). The fraction of sp³-hybridized carbons (Fsp3) is 0.588. The van der Waals surface area contributed by atoms with Crippen molar-refractivity contribution in [1.82, 2.24) is 15.5 Å². The highest BCUT2D eigenvalue weighted by Crippen LogP contribution is 2.11. The predicted octanol–water partition coefficient (Wildman–Crippen LogP) is 1.42. The Labute approximate surface area is 127 Å². The number of amides is 1. The monoisotopic (exact) mass is 289 g/mol. The number of carbonyl (C=O) groups is 1. The van der Waals surface area contributed by atoms with Gasteiger partial charge >= 0.3 is 0 Å². The highest BCUT2D eigenvalue weighted by Gasteiger charge is 2.18. The van der Waals surface area contributed by atoms with Crippen molar-refractivity contribution >= 4 is 5.91 Å². The van der Waals surface area contributed by atoms with Crippen molar-refractivity contribution in [3.05, 3.63) is 35.9 Å². The summed E-state index contributed by atoms with van der Waals surface area (Å²) in [7, 11) is 0. The molecule has 116 valence electrons. The van der Waals surface area contributed by atoms with Crippen molar-refractivity contribution in [2.24, 2.45) is 0 Å². The van der Waals surface area contributed by atoms with E-state index in [2.05, 4.69) is 45.9 Å². The Morgan fingerprint density at radius 3 is 2.57 bits per heavy atom. The molecule has 1 amide bonds. The maximum absolute atomic E-state index is 10.8. The van der Waals surface area contributed by atoms with Crippen LogP contribution in [0.25, 0.3) is 0 Å². The lowest BCUT2D eigenvalue weighted by molar-refractivity contribution is -0.118. The van der Waals surface area contributed by atoms with Crippen molar-refractivity contribution in [3.8, 4) is 0 Å². The second-order valence-corrected chi connectivity index (χ2v) is 5.79. The molecule has 0 unspecified atom stereocenters. The molecule has 1 aromatic rings. The lowest BCUT2D eigenvalue weighted by Crippen LogP contribution is -2.44. The van der Waals surface area contributed by atoms with E-state index in [1.165, 1.54) is 31.5 Å². The van der Waals surface area contributed by atoms with Crippen LogP contribution in [0.3, 0.4) is 0 Å². The molecule has 2 N–H and O–H groups in total. The van der Waals surface area contributed by atoms with E-state index in [1.807, 2.05) is 0 Å².